The second kappa shape index (κ2) is 3.73. The number of hydrogen-bond donors (Lipinski definition) is 2. The minimum atomic E-state index is -0.324. The summed E-state index contributed by atoms with van der Waals surface area (Å²) >= 11 is 0. The molecule has 0 radical (unpaired) electrons. The molecule has 0 amide bonds. The van der Waals surface area contributed by atoms with Gasteiger partial charge in [0, 0.05) is 5.56 Å². The first-order valence-corrected chi connectivity index (χ1v) is 5.53. The Hall–Kier alpha value is -2.56. The third-order valence-electron chi connectivity index (χ3n) is 2.90. The van der Waals surface area contributed by atoms with E-state index in [1.807, 2.05) is 25.1 Å². The molecule has 0 aliphatic carbocycles. The van der Waals surface area contributed by atoms with Gasteiger partial charge in [-0.3, -0.25) is 4.79 Å². The molecule has 5 heteroatoms. The first kappa shape index (κ1) is 10.6. The van der Waals surface area contributed by atoms with Gasteiger partial charge in [-0.15, -0.1) is 0 Å². The average Bonchev–Trinajstić information content (AvgIpc) is 2.73. The summed E-state index contributed by atoms with van der Waals surface area (Å²) in [6.07, 6.45) is 1.60. The van der Waals surface area contributed by atoms with Gasteiger partial charge in [0.1, 0.15) is 11.2 Å². The number of benzene rings is 1. The number of aryl methyl sites for hydroxylation is 1. The van der Waals surface area contributed by atoms with Crippen LogP contribution in [0.15, 0.2) is 41.3 Å². The first-order valence-electron chi connectivity index (χ1n) is 5.53. The van der Waals surface area contributed by atoms with Crippen LogP contribution in [-0.4, -0.2) is 19.7 Å². The highest BCUT2D eigenvalue weighted by atomic mass is 16.3. The van der Waals surface area contributed by atoms with E-state index in [0.717, 1.165) is 5.56 Å². The number of nitrogens with zero attached hydrogens (tertiary/aromatic N) is 2. The topological polar surface area (TPSA) is 70.4 Å². The Morgan fingerprint density at radius 3 is 2.72 bits per heavy atom. The Labute approximate surface area is 102 Å². The lowest BCUT2D eigenvalue weighted by molar-refractivity contribution is 0.437. The summed E-state index contributed by atoms with van der Waals surface area (Å²) in [7, 11) is 0. The van der Waals surface area contributed by atoms with E-state index in [0.29, 0.717) is 11.2 Å². The van der Waals surface area contributed by atoms with Crippen molar-refractivity contribution >= 4 is 5.65 Å². The van der Waals surface area contributed by atoms with Crippen molar-refractivity contribution in [3.8, 4) is 17.0 Å². The number of hydrogen-bond acceptors (Lipinski definition) is 3. The summed E-state index contributed by atoms with van der Waals surface area (Å²) in [5, 5.41) is 14.2. The van der Waals surface area contributed by atoms with E-state index in [-0.39, 0.29) is 17.0 Å². The number of H-pyrrole nitrogens is 1. The average molecular weight is 241 g/mol. The van der Waals surface area contributed by atoms with Gasteiger partial charge in [0.05, 0.1) is 6.20 Å². The molecule has 0 saturated carbocycles. The number of rotatable bonds is 1. The molecule has 18 heavy (non-hydrogen) atoms. The molecule has 90 valence electrons. The van der Waals surface area contributed by atoms with Crippen molar-refractivity contribution in [2.24, 2.45) is 0 Å². The lowest BCUT2D eigenvalue weighted by atomic mass is 10.1. The van der Waals surface area contributed by atoms with E-state index < -0.39 is 0 Å². The number of aromatic nitrogens is 3. The fourth-order valence-electron chi connectivity index (χ4n) is 1.98. The van der Waals surface area contributed by atoms with Gasteiger partial charge in [0.2, 0.25) is 5.88 Å². The number of aromatic amines is 1. The monoisotopic (exact) mass is 241 g/mol. The molecule has 0 aliphatic heterocycles. The first-order chi connectivity index (χ1) is 8.68. The molecular weight excluding hydrogens is 230 g/mol. The van der Waals surface area contributed by atoms with E-state index in [1.54, 1.807) is 18.3 Å². The molecule has 2 heterocycles. The summed E-state index contributed by atoms with van der Waals surface area (Å²) in [5.74, 6) is -0.145. The van der Waals surface area contributed by atoms with Crippen molar-refractivity contribution in [3.63, 3.8) is 0 Å². The van der Waals surface area contributed by atoms with Gasteiger partial charge < -0.3 is 10.1 Å². The lowest BCUT2D eigenvalue weighted by Gasteiger charge is -2.05. The summed E-state index contributed by atoms with van der Waals surface area (Å²) < 4.78 is 1.33. The molecule has 0 aliphatic rings. The predicted octanol–water partition coefficient (Wildman–Crippen LogP) is 1.70. The molecule has 0 atom stereocenters. The van der Waals surface area contributed by atoms with E-state index in [4.69, 9.17) is 0 Å². The molecule has 3 rings (SSSR count). The van der Waals surface area contributed by atoms with Crippen molar-refractivity contribution in [1.82, 2.24) is 14.6 Å². The van der Waals surface area contributed by atoms with Crippen molar-refractivity contribution < 1.29 is 5.11 Å². The SMILES string of the molecule is Cc1cnn2c(O)c(-c3ccccc3)c(=O)[nH]c12. The van der Waals surface area contributed by atoms with Crippen LogP contribution in [0.5, 0.6) is 5.88 Å². The Kier molecular flexibility index (Phi) is 2.19. The van der Waals surface area contributed by atoms with Crippen LogP contribution in [0.2, 0.25) is 0 Å². The van der Waals surface area contributed by atoms with Gasteiger partial charge in [0.15, 0.2) is 0 Å². The fourth-order valence-corrected chi connectivity index (χ4v) is 1.98. The van der Waals surface area contributed by atoms with E-state index >= 15 is 0 Å². The molecule has 2 N–H and O–H groups in total. The molecule has 0 unspecified atom stereocenters. The van der Waals surface area contributed by atoms with E-state index in [1.165, 1.54) is 4.52 Å². The third-order valence-corrected chi connectivity index (χ3v) is 2.90. The summed E-state index contributed by atoms with van der Waals surface area (Å²) in [6, 6.07) is 9.02. The minimum Gasteiger partial charge on any atom is -0.493 e. The Balaban J connectivity index is 2.41. The predicted molar refractivity (Wildman–Crippen MR) is 67.7 cm³/mol. The molecule has 1 aromatic carbocycles. The largest absolute Gasteiger partial charge is 0.493 e. The maximum absolute atomic E-state index is 12.0. The van der Waals surface area contributed by atoms with Gasteiger partial charge in [-0.2, -0.15) is 9.61 Å². The van der Waals surface area contributed by atoms with Crippen LogP contribution in [0.3, 0.4) is 0 Å². The molecule has 5 nitrogen and oxygen atoms in total. The summed E-state index contributed by atoms with van der Waals surface area (Å²) in [5.41, 5.74) is 1.88. The number of nitrogens with one attached hydrogen (secondary N) is 1. The van der Waals surface area contributed by atoms with Gasteiger partial charge in [-0.05, 0) is 12.5 Å². The Morgan fingerprint density at radius 1 is 1.28 bits per heavy atom. The van der Waals surface area contributed by atoms with Crippen LogP contribution >= 0.6 is 0 Å². The highest BCUT2D eigenvalue weighted by Gasteiger charge is 2.15. The van der Waals surface area contributed by atoms with Crippen LogP contribution in [0, 0.1) is 6.92 Å². The highest BCUT2D eigenvalue weighted by molar-refractivity contribution is 5.69. The summed E-state index contributed by atoms with van der Waals surface area (Å²) in [4.78, 5) is 14.8. The van der Waals surface area contributed by atoms with Crippen molar-refractivity contribution in [1.29, 1.82) is 0 Å². The second-order valence-corrected chi connectivity index (χ2v) is 4.11. The molecule has 0 saturated heterocycles. The zero-order valence-electron chi connectivity index (χ0n) is 9.71. The molecule has 0 spiro atoms. The van der Waals surface area contributed by atoms with Crippen LogP contribution < -0.4 is 5.56 Å². The normalized spacial score (nSPS) is 10.9. The zero-order chi connectivity index (χ0) is 12.7. The maximum atomic E-state index is 12.0. The van der Waals surface area contributed by atoms with Crippen molar-refractivity contribution in [2.75, 3.05) is 0 Å². The van der Waals surface area contributed by atoms with Gasteiger partial charge >= 0.3 is 0 Å². The van der Waals surface area contributed by atoms with Gasteiger partial charge in [-0.1, -0.05) is 30.3 Å². The lowest BCUT2D eigenvalue weighted by Crippen LogP contribution is -2.12. The van der Waals surface area contributed by atoms with Crippen LogP contribution in [0.4, 0.5) is 0 Å². The van der Waals surface area contributed by atoms with Crippen LogP contribution in [-0.2, 0) is 0 Å². The van der Waals surface area contributed by atoms with Crippen LogP contribution in [0.25, 0.3) is 16.8 Å². The second-order valence-electron chi connectivity index (χ2n) is 4.11. The summed E-state index contributed by atoms with van der Waals surface area (Å²) in [6.45, 7) is 1.82. The van der Waals surface area contributed by atoms with E-state index in [2.05, 4.69) is 10.1 Å². The van der Waals surface area contributed by atoms with Gasteiger partial charge in [0.25, 0.3) is 5.56 Å². The van der Waals surface area contributed by atoms with Crippen molar-refractivity contribution in [3.05, 3.63) is 52.4 Å². The van der Waals surface area contributed by atoms with Crippen molar-refractivity contribution in [2.45, 2.75) is 6.92 Å². The van der Waals surface area contributed by atoms with Crippen LogP contribution in [0.1, 0.15) is 5.56 Å². The molecule has 2 aromatic heterocycles. The highest BCUT2D eigenvalue weighted by Crippen LogP contribution is 2.25. The Bertz CT molecular complexity index is 772. The molecule has 3 aromatic rings. The fraction of sp³-hybridized carbons (Fsp3) is 0.0769. The number of aromatic hydroxyl groups is 1. The number of fused-ring (bicyclic) bond motifs is 1. The maximum Gasteiger partial charge on any atom is 0.262 e. The molecule has 0 fully saturated rings. The van der Waals surface area contributed by atoms with E-state index in [9.17, 15) is 9.90 Å². The third kappa shape index (κ3) is 1.41. The standard InChI is InChI=1S/C13H11N3O2/c1-8-7-14-16-11(8)15-12(17)10(13(16)18)9-5-3-2-4-6-9/h2-7,18H,1H3,(H,15,17). The molecular formula is C13H11N3O2. The Morgan fingerprint density at radius 2 is 2.00 bits per heavy atom. The molecule has 0 bridgehead atoms. The van der Waals surface area contributed by atoms with Gasteiger partial charge in [-0.25, -0.2) is 0 Å². The smallest absolute Gasteiger partial charge is 0.262 e. The quantitative estimate of drug-likeness (QED) is 0.681. The minimum absolute atomic E-state index is 0.145. The zero-order valence-corrected chi connectivity index (χ0v) is 9.71.